The zero-order valence-electron chi connectivity index (χ0n) is 11.8. The lowest BCUT2D eigenvalue weighted by atomic mass is 10.2. The molecule has 0 spiro atoms. The van der Waals surface area contributed by atoms with Crippen molar-refractivity contribution in [2.75, 3.05) is 32.6 Å². The first-order chi connectivity index (χ1) is 9.01. The van der Waals surface area contributed by atoms with Crippen LogP contribution in [0.1, 0.15) is 13.3 Å². The number of benzene rings is 1. The first kappa shape index (κ1) is 15.5. The average molecular weight is 265 g/mol. The number of nitrogens with two attached hydrogens (primary N) is 1. The fourth-order valence-corrected chi connectivity index (χ4v) is 1.62. The monoisotopic (exact) mass is 265 g/mol. The number of carbonyl (C=O) groups is 1. The predicted octanol–water partition coefficient (Wildman–Crippen LogP) is 1.30. The van der Waals surface area contributed by atoms with Crippen LogP contribution in [0.4, 0.5) is 5.69 Å². The number of anilines is 1. The fraction of sp³-hybridized carbons (Fsp3) is 0.500. The van der Waals surface area contributed by atoms with Crippen LogP contribution in [0.5, 0.6) is 5.75 Å². The highest BCUT2D eigenvalue weighted by Crippen LogP contribution is 2.14. The molecule has 0 aromatic heterocycles. The zero-order chi connectivity index (χ0) is 14.3. The van der Waals surface area contributed by atoms with E-state index < -0.39 is 0 Å². The van der Waals surface area contributed by atoms with Gasteiger partial charge in [-0.3, -0.25) is 9.69 Å². The van der Waals surface area contributed by atoms with Gasteiger partial charge in [-0.2, -0.15) is 0 Å². The lowest BCUT2D eigenvalue weighted by Crippen LogP contribution is -2.33. The van der Waals surface area contributed by atoms with Crippen molar-refractivity contribution in [1.82, 2.24) is 4.90 Å². The third-order valence-electron chi connectivity index (χ3n) is 2.75. The van der Waals surface area contributed by atoms with E-state index in [-0.39, 0.29) is 11.9 Å². The van der Waals surface area contributed by atoms with Gasteiger partial charge in [0.1, 0.15) is 5.75 Å². The standard InChI is InChI=1S/C14H23N3O2/c1-11(15)8-9-17(2)10-14(18)16-12-4-6-13(19-3)7-5-12/h4-7,11H,8-10,15H2,1-3H3,(H,16,18). The number of rotatable bonds is 7. The molecule has 19 heavy (non-hydrogen) atoms. The summed E-state index contributed by atoms with van der Waals surface area (Å²) in [6.07, 6.45) is 0.881. The van der Waals surface area contributed by atoms with E-state index in [1.807, 2.05) is 43.1 Å². The molecule has 106 valence electrons. The lowest BCUT2D eigenvalue weighted by Gasteiger charge is -2.17. The van der Waals surface area contributed by atoms with Gasteiger partial charge in [-0.25, -0.2) is 0 Å². The highest BCUT2D eigenvalue weighted by molar-refractivity contribution is 5.92. The van der Waals surface area contributed by atoms with Crippen molar-refractivity contribution in [3.05, 3.63) is 24.3 Å². The molecule has 5 nitrogen and oxygen atoms in total. The molecule has 0 fully saturated rings. The largest absolute Gasteiger partial charge is 0.497 e. The summed E-state index contributed by atoms with van der Waals surface area (Å²) in [6, 6.07) is 7.43. The van der Waals surface area contributed by atoms with Gasteiger partial charge in [-0.1, -0.05) is 0 Å². The molecule has 1 amide bonds. The second-order valence-electron chi connectivity index (χ2n) is 4.78. The summed E-state index contributed by atoms with van der Waals surface area (Å²) in [5, 5.41) is 2.84. The van der Waals surface area contributed by atoms with Gasteiger partial charge < -0.3 is 15.8 Å². The van der Waals surface area contributed by atoms with E-state index in [1.54, 1.807) is 7.11 Å². The first-order valence-corrected chi connectivity index (χ1v) is 6.39. The van der Waals surface area contributed by atoms with Gasteiger partial charge in [0.15, 0.2) is 0 Å². The van der Waals surface area contributed by atoms with Crippen LogP contribution >= 0.6 is 0 Å². The number of carbonyl (C=O) groups excluding carboxylic acids is 1. The minimum Gasteiger partial charge on any atom is -0.497 e. The summed E-state index contributed by atoms with van der Waals surface area (Å²) in [6.45, 7) is 3.14. The fourth-order valence-electron chi connectivity index (χ4n) is 1.62. The molecule has 3 N–H and O–H groups in total. The van der Waals surface area contributed by atoms with E-state index in [4.69, 9.17) is 10.5 Å². The van der Waals surface area contributed by atoms with Crippen molar-refractivity contribution >= 4 is 11.6 Å². The molecule has 1 aromatic carbocycles. The van der Waals surface area contributed by atoms with Gasteiger partial charge in [-0.05, 0) is 51.2 Å². The van der Waals surface area contributed by atoms with Crippen LogP contribution in [0, 0.1) is 0 Å². The zero-order valence-corrected chi connectivity index (χ0v) is 11.8. The van der Waals surface area contributed by atoms with E-state index in [0.717, 1.165) is 24.4 Å². The molecule has 1 aromatic rings. The molecule has 0 saturated carbocycles. The SMILES string of the molecule is COc1ccc(NC(=O)CN(C)CCC(C)N)cc1. The van der Waals surface area contributed by atoms with Crippen molar-refractivity contribution in [2.45, 2.75) is 19.4 Å². The lowest BCUT2D eigenvalue weighted by molar-refractivity contribution is -0.117. The molecule has 0 heterocycles. The maximum atomic E-state index is 11.8. The van der Waals surface area contributed by atoms with E-state index >= 15 is 0 Å². The Hall–Kier alpha value is -1.59. The Morgan fingerprint density at radius 3 is 2.58 bits per heavy atom. The van der Waals surface area contributed by atoms with E-state index in [1.165, 1.54) is 0 Å². The number of nitrogens with one attached hydrogen (secondary N) is 1. The molecule has 1 atom stereocenters. The maximum absolute atomic E-state index is 11.8. The number of methoxy groups -OCH3 is 1. The van der Waals surface area contributed by atoms with E-state index in [9.17, 15) is 4.79 Å². The molecule has 0 aliphatic heterocycles. The van der Waals surface area contributed by atoms with Gasteiger partial charge >= 0.3 is 0 Å². The number of ether oxygens (including phenoxy) is 1. The van der Waals surface area contributed by atoms with Gasteiger partial charge in [0.25, 0.3) is 0 Å². The molecule has 5 heteroatoms. The third-order valence-corrected chi connectivity index (χ3v) is 2.75. The van der Waals surface area contributed by atoms with Crippen LogP contribution in [0.25, 0.3) is 0 Å². The summed E-state index contributed by atoms with van der Waals surface area (Å²) in [5.74, 6) is 0.740. The van der Waals surface area contributed by atoms with E-state index in [2.05, 4.69) is 5.32 Å². The van der Waals surface area contributed by atoms with Crippen molar-refractivity contribution in [3.63, 3.8) is 0 Å². The summed E-state index contributed by atoms with van der Waals surface area (Å²) in [4.78, 5) is 13.8. The second-order valence-corrected chi connectivity index (χ2v) is 4.78. The Morgan fingerprint density at radius 2 is 2.05 bits per heavy atom. The predicted molar refractivity (Wildman–Crippen MR) is 77.4 cm³/mol. The quantitative estimate of drug-likeness (QED) is 0.780. The minimum absolute atomic E-state index is 0.0302. The second kappa shape index (κ2) is 7.76. The molecular weight excluding hydrogens is 242 g/mol. The van der Waals surface area contributed by atoms with Gasteiger partial charge in [0.05, 0.1) is 13.7 Å². The topological polar surface area (TPSA) is 67.6 Å². The van der Waals surface area contributed by atoms with Crippen molar-refractivity contribution in [3.8, 4) is 5.75 Å². The maximum Gasteiger partial charge on any atom is 0.238 e. The minimum atomic E-state index is -0.0302. The summed E-state index contributed by atoms with van der Waals surface area (Å²) >= 11 is 0. The Bertz CT molecular complexity index is 390. The van der Waals surface area contributed by atoms with Crippen molar-refractivity contribution in [1.29, 1.82) is 0 Å². The number of amides is 1. The molecule has 1 unspecified atom stereocenters. The number of nitrogens with zero attached hydrogens (tertiary/aromatic N) is 1. The summed E-state index contributed by atoms with van der Waals surface area (Å²) < 4.78 is 5.06. The van der Waals surface area contributed by atoms with Crippen LogP contribution in [-0.4, -0.2) is 44.1 Å². The Labute approximate surface area is 114 Å². The smallest absolute Gasteiger partial charge is 0.238 e. The molecule has 0 bridgehead atoms. The van der Waals surface area contributed by atoms with Gasteiger partial charge in [0, 0.05) is 11.7 Å². The molecule has 0 aliphatic carbocycles. The highest BCUT2D eigenvalue weighted by Gasteiger charge is 2.07. The molecular formula is C14H23N3O2. The van der Waals surface area contributed by atoms with Gasteiger partial charge in [0.2, 0.25) is 5.91 Å². The van der Waals surface area contributed by atoms with E-state index in [0.29, 0.717) is 6.54 Å². The highest BCUT2D eigenvalue weighted by atomic mass is 16.5. The molecule has 0 aliphatic rings. The first-order valence-electron chi connectivity index (χ1n) is 6.39. The van der Waals surface area contributed by atoms with Crippen LogP contribution in [0.2, 0.25) is 0 Å². The van der Waals surface area contributed by atoms with Gasteiger partial charge in [-0.15, -0.1) is 0 Å². The Kier molecular flexibility index (Phi) is 6.32. The normalized spacial score (nSPS) is 12.3. The van der Waals surface area contributed by atoms with Crippen LogP contribution in [0.15, 0.2) is 24.3 Å². The molecule has 1 rings (SSSR count). The van der Waals surface area contributed by atoms with Crippen LogP contribution in [0.3, 0.4) is 0 Å². The number of hydrogen-bond acceptors (Lipinski definition) is 4. The molecule has 0 saturated heterocycles. The number of hydrogen-bond donors (Lipinski definition) is 2. The van der Waals surface area contributed by atoms with Crippen LogP contribution < -0.4 is 15.8 Å². The Balaban J connectivity index is 2.37. The van der Waals surface area contributed by atoms with Crippen molar-refractivity contribution < 1.29 is 9.53 Å². The molecule has 0 radical (unpaired) electrons. The summed E-state index contributed by atoms with van der Waals surface area (Å²) in [5.41, 5.74) is 6.45. The third kappa shape index (κ3) is 6.22. The van der Waals surface area contributed by atoms with Crippen LogP contribution in [-0.2, 0) is 4.79 Å². The number of likely N-dealkylation sites (N-methyl/N-ethyl adjacent to an activating group) is 1. The van der Waals surface area contributed by atoms with Crippen molar-refractivity contribution in [2.24, 2.45) is 5.73 Å². The average Bonchev–Trinajstić information content (AvgIpc) is 2.37. The summed E-state index contributed by atoms with van der Waals surface area (Å²) in [7, 11) is 3.52. The Morgan fingerprint density at radius 1 is 1.42 bits per heavy atom.